The molecule has 0 aliphatic heterocycles. The van der Waals surface area contributed by atoms with E-state index in [0.29, 0.717) is 17.8 Å². The molecule has 4 aliphatic rings. The van der Waals surface area contributed by atoms with Gasteiger partial charge in [0.05, 0.1) is 18.3 Å². The molecule has 38 heavy (non-hydrogen) atoms. The van der Waals surface area contributed by atoms with Gasteiger partial charge in [-0.1, -0.05) is 78.7 Å². The van der Waals surface area contributed by atoms with E-state index in [1.165, 1.54) is 19.3 Å². The van der Waals surface area contributed by atoms with Crippen molar-refractivity contribution < 1.29 is 14.0 Å². The van der Waals surface area contributed by atoms with Gasteiger partial charge in [-0.2, -0.15) is 0 Å². The van der Waals surface area contributed by atoms with E-state index in [1.54, 1.807) is 11.1 Å². The summed E-state index contributed by atoms with van der Waals surface area (Å²) in [5.74, 6) is 1.54. The standard InChI is InChI=1S/C33H60O3Si2/c1-22(34)26-16-17-27-25-15-14-23-20-24(35-37(10,11)30(2,3)4)21-29(36-38(12,13)31(5,6)7)33(23,9)28(25)18-19-32(26,27)8/h14-15,22,24,26-29,34H,16-21H2,1-13H3/t22-,24+,26+,27?,28?,29-,32+,33-/m0/s1. The minimum atomic E-state index is -1.99. The zero-order valence-corrected chi connectivity index (χ0v) is 29.1. The lowest BCUT2D eigenvalue weighted by atomic mass is 9.49. The van der Waals surface area contributed by atoms with Crippen LogP contribution in [0.2, 0.25) is 36.3 Å². The monoisotopic (exact) mass is 560 g/mol. The molecule has 3 saturated carbocycles. The third-order valence-electron chi connectivity index (χ3n) is 12.8. The predicted molar refractivity (Wildman–Crippen MR) is 166 cm³/mol. The molecular formula is C33H60O3Si2. The number of fused-ring (bicyclic) bond motifs is 5. The van der Waals surface area contributed by atoms with Crippen LogP contribution in [0.5, 0.6) is 0 Å². The summed E-state index contributed by atoms with van der Waals surface area (Å²) in [5, 5.41) is 11.0. The molecule has 4 aliphatic carbocycles. The number of hydrogen-bond donors (Lipinski definition) is 1. The summed E-state index contributed by atoms with van der Waals surface area (Å²) < 4.78 is 14.6. The summed E-state index contributed by atoms with van der Waals surface area (Å²) >= 11 is 0. The second-order valence-corrected chi connectivity index (χ2v) is 26.5. The molecule has 0 aromatic carbocycles. The van der Waals surface area contributed by atoms with Gasteiger partial charge in [0.15, 0.2) is 16.6 Å². The van der Waals surface area contributed by atoms with Gasteiger partial charge in [0.2, 0.25) is 0 Å². The van der Waals surface area contributed by atoms with Crippen molar-refractivity contribution in [3.63, 3.8) is 0 Å². The van der Waals surface area contributed by atoms with E-state index in [1.807, 2.05) is 6.92 Å². The van der Waals surface area contributed by atoms with Crippen LogP contribution in [0.1, 0.15) is 101 Å². The lowest BCUT2D eigenvalue weighted by molar-refractivity contribution is -0.0490. The van der Waals surface area contributed by atoms with E-state index in [2.05, 4.69) is 93.7 Å². The molecule has 2 unspecified atom stereocenters. The smallest absolute Gasteiger partial charge is 0.192 e. The van der Waals surface area contributed by atoms with E-state index in [4.69, 9.17) is 8.85 Å². The molecule has 1 N–H and O–H groups in total. The molecule has 0 aromatic heterocycles. The number of aliphatic hydroxyl groups is 1. The van der Waals surface area contributed by atoms with Crippen molar-refractivity contribution >= 4 is 16.6 Å². The van der Waals surface area contributed by atoms with Crippen molar-refractivity contribution in [2.75, 3.05) is 0 Å². The van der Waals surface area contributed by atoms with E-state index in [9.17, 15) is 5.11 Å². The summed E-state index contributed by atoms with van der Waals surface area (Å²) in [6, 6.07) is 0. The fraction of sp³-hybridized carbons (Fsp3) is 0.879. The first kappa shape index (κ1) is 30.7. The lowest BCUT2D eigenvalue weighted by Gasteiger charge is -2.59. The number of rotatable bonds is 5. The van der Waals surface area contributed by atoms with Crippen LogP contribution in [0, 0.1) is 28.6 Å². The van der Waals surface area contributed by atoms with Crippen LogP contribution in [0.15, 0.2) is 23.3 Å². The molecular weight excluding hydrogens is 501 g/mol. The Morgan fingerprint density at radius 1 is 0.868 bits per heavy atom. The zero-order chi connectivity index (χ0) is 28.7. The SMILES string of the molecule is C[C@H](O)[C@H]1CCC2C3=CC=C4C[C@@H](O[Si](C)(C)C(C)(C)C)C[C@H](O[Si](C)(C)C(C)(C)C)[C@]4(C)C3CC[C@@]21C. The van der Waals surface area contributed by atoms with E-state index in [0.717, 1.165) is 19.3 Å². The minimum Gasteiger partial charge on any atom is -0.414 e. The summed E-state index contributed by atoms with van der Waals surface area (Å²) in [6.45, 7) is 30.9. The Morgan fingerprint density at radius 2 is 1.45 bits per heavy atom. The second kappa shape index (κ2) is 9.68. The van der Waals surface area contributed by atoms with Crippen LogP contribution in [0.25, 0.3) is 0 Å². The molecule has 4 rings (SSSR count). The highest BCUT2D eigenvalue weighted by Crippen LogP contribution is 2.66. The maximum Gasteiger partial charge on any atom is 0.192 e. The Bertz CT molecular complexity index is 966. The fourth-order valence-corrected chi connectivity index (χ4v) is 11.0. The first-order valence-electron chi connectivity index (χ1n) is 15.6. The molecule has 5 heteroatoms. The van der Waals surface area contributed by atoms with Crippen molar-refractivity contribution in [3.05, 3.63) is 23.3 Å². The van der Waals surface area contributed by atoms with E-state index >= 15 is 0 Å². The summed E-state index contributed by atoms with van der Waals surface area (Å²) in [7, 11) is -3.88. The molecule has 0 heterocycles. The van der Waals surface area contributed by atoms with Crippen molar-refractivity contribution in [2.45, 2.75) is 155 Å². The predicted octanol–water partition coefficient (Wildman–Crippen LogP) is 9.26. The normalized spacial score (nSPS) is 39.1. The molecule has 0 radical (unpaired) electrons. The van der Waals surface area contributed by atoms with Gasteiger partial charge in [-0.3, -0.25) is 0 Å². The Labute approximate surface area is 237 Å². The van der Waals surface area contributed by atoms with Crippen molar-refractivity contribution in [1.82, 2.24) is 0 Å². The third kappa shape index (κ3) is 4.93. The highest BCUT2D eigenvalue weighted by atomic mass is 28.4. The zero-order valence-electron chi connectivity index (χ0n) is 27.1. The van der Waals surface area contributed by atoms with Crippen LogP contribution < -0.4 is 0 Å². The van der Waals surface area contributed by atoms with Crippen molar-refractivity contribution in [2.24, 2.45) is 28.6 Å². The average molecular weight is 561 g/mol. The van der Waals surface area contributed by atoms with Gasteiger partial charge in [0.1, 0.15) is 0 Å². The first-order valence-corrected chi connectivity index (χ1v) is 21.4. The minimum absolute atomic E-state index is 0.0249. The molecule has 0 aromatic rings. The summed E-state index contributed by atoms with van der Waals surface area (Å²) in [4.78, 5) is 0. The Balaban J connectivity index is 1.74. The van der Waals surface area contributed by atoms with Crippen LogP contribution >= 0.6 is 0 Å². The lowest BCUT2D eigenvalue weighted by Crippen LogP contribution is -2.58. The maximum atomic E-state index is 10.7. The van der Waals surface area contributed by atoms with Gasteiger partial charge >= 0.3 is 0 Å². The fourth-order valence-electron chi connectivity index (χ4n) is 8.22. The first-order chi connectivity index (χ1) is 17.1. The van der Waals surface area contributed by atoms with Crippen LogP contribution in [-0.2, 0) is 8.85 Å². The molecule has 0 spiro atoms. The molecule has 0 bridgehead atoms. The topological polar surface area (TPSA) is 38.7 Å². The van der Waals surface area contributed by atoms with Gasteiger partial charge in [-0.15, -0.1) is 0 Å². The molecule has 218 valence electrons. The summed E-state index contributed by atoms with van der Waals surface area (Å²) in [5.41, 5.74) is 3.48. The number of hydrogen-bond acceptors (Lipinski definition) is 3. The second-order valence-electron chi connectivity index (χ2n) is 17.0. The molecule has 3 nitrogen and oxygen atoms in total. The van der Waals surface area contributed by atoms with E-state index in [-0.39, 0.29) is 39.2 Å². The summed E-state index contributed by atoms with van der Waals surface area (Å²) in [6.07, 6.45) is 12.1. The highest BCUT2D eigenvalue weighted by Gasteiger charge is 2.60. The van der Waals surface area contributed by atoms with Crippen LogP contribution in [0.4, 0.5) is 0 Å². The largest absolute Gasteiger partial charge is 0.414 e. The van der Waals surface area contributed by atoms with Gasteiger partial charge in [-0.05, 0) is 105 Å². The Morgan fingerprint density at radius 3 is 2.00 bits per heavy atom. The Kier molecular flexibility index (Phi) is 7.83. The van der Waals surface area contributed by atoms with Crippen LogP contribution in [-0.4, -0.2) is 40.1 Å². The van der Waals surface area contributed by atoms with Gasteiger partial charge in [0.25, 0.3) is 0 Å². The van der Waals surface area contributed by atoms with Gasteiger partial charge in [0, 0.05) is 5.41 Å². The average Bonchev–Trinajstić information content (AvgIpc) is 3.10. The molecule has 0 saturated heterocycles. The van der Waals surface area contributed by atoms with Gasteiger partial charge in [-0.25, -0.2) is 0 Å². The Hall–Kier alpha value is -0.206. The third-order valence-corrected chi connectivity index (χ3v) is 21.8. The van der Waals surface area contributed by atoms with Crippen molar-refractivity contribution in [3.8, 4) is 0 Å². The highest BCUT2D eigenvalue weighted by molar-refractivity contribution is 6.74. The molecule has 8 atom stereocenters. The molecule has 0 amide bonds. The van der Waals surface area contributed by atoms with Crippen LogP contribution in [0.3, 0.4) is 0 Å². The number of aliphatic hydroxyl groups excluding tert-OH is 1. The maximum absolute atomic E-state index is 10.7. The molecule has 3 fully saturated rings. The van der Waals surface area contributed by atoms with Crippen molar-refractivity contribution in [1.29, 1.82) is 0 Å². The quantitative estimate of drug-likeness (QED) is 0.341. The van der Waals surface area contributed by atoms with Gasteiger partial charge < -0.3 is 14.0 Å². The van der Waals surface area contributed by atoms with E-state index < -0.39 is 16.6 Å². The number of allylic oxidation sites excluding steroid dienone is 3.